The van der Waals surface area contributed by atoms with Gasteiger partial charge in [-0.05, 0) is 49.4 Å². The minimum atomic E-state index is -1.65. The average Bonchev–Trinajstić information content (AvgIpc) is 3.02. The molecule has 192 valence electrons. The summed E-state index contributed by atoms with van der Waals surface area (Å²) in [5.41, 5.74) is 1.30. The lowest BCUT2D eigenvalue weighted by atomic mass is 10.1. The molecule has 0 radical (unpaired) electrons. The maximum Gasteiger partial charge on any atom is 0.259 e. The van der Waals surface area contributed by atoms with Gasteiger partial charge in [-0.3, -0.25) is 14.5 Å². The predicted molar refractivity (Wildman–Crippen MR) is 139 cm³/mol. The van der Waals surface area contributed by atoms with Gasteiger partial charge in [0.15, 0.2) is 0 Å². The number of nitrogens with one attached hydrogen (secondary N) is 1. The molecular formula is C28H28FN3O4S. The van der Waals surface area contributed by atoms with Crippen LogP contribution in [0, 0.1) is 5.82 Å². The molecule has 3 aromatic carbocycles. The monoisotopic (exact) mass is 521 g/mol. The van der Waals surface area contributed by atoms with Crippen molar-refractivity contribution in [2.45, 2.75) is 22.8 Å². The summed E-state index contributed by atoms with van der Waals surface area (Å²) in [7, 11) is -1.65. The number of hydrogen-bond donors (Lipinski definition) is 1. The highest BCUT2D eigenvalue weighted by Gasteiger charge is 2.32. The van der Waals surface area contributed by atoms with Crippen molar-refractivity contribution in [1.29, 1.82) is 0 Å². The van der Waals surface area contributed by atoms with Crippen molar-refractivity contribution < 1.29 is 22.9 Å². The van der Waals surface area contributed by atoms with Crippen LogP contribution in [0.1, 0.15) is 32.7 Å². The highest BCUT2D eigenvalue weighted by Crippen LogP contribution is 2.36. The zero-order chi connectivity index (χ0) is 25.8. The van der Waals surface area contributed by atoms with Gasteiger partial charge in [0.2, 0.25) is 0 Å². The van der Waals surface area contributed by atoms with E-state index in [1.165, 1.54) is 11.0 Å². The summed E-state index contributed by atoms with van der Waals surface area (Å²) in [6.45, 7) is 4.56. The SMILES string of the molecule is O=C(NCCCN1CCOCC1)c1ccc2c(c1)N(Cc1ccccc1F)C(=O)c1ccccc1[S@@]2=O. The number of ether oxygens (including phenoxy) is 1. The number of nitrogens with zero attached hydrogens (tertiary/aromatic N) is 2. The molecule has 0 aliphatic carbocycles. The molecule has 7 nitrogen and oxygen atoms in total. The molecule has 2 amide bonds. The van der Waals surface area contributed by atoms with Crippen LogP contribution < -0.4 is 10.2 Å². The number of fused-ring (bicyclic) bond motifs is 2. The van der Waals surface area contributed by atoms with Gasteiger partial charge >= 0.3 is 0 Å². The first-order valence-corrected chi connectivity index (χ1v) is 13.5. The third-order valence-corrected chi connectivity index (χ3v) is 8.10. The van der Waals surface area contributed by atoms with Crippen LogP contribution in [0.3, 0.4) is 0 Å². The van der Waals surface area contributed by atoms with E-state index < -0.39 is 22.5 Å². The van der Waals surface area contributed by atoms with Crippen LogP contribution in [0.5, 0.6) is 0 Å². The molecule has 2 heterocycles. The summed E-state index contributed by atoms with van der Waals surface area (Å²) >= 11 is 0. The summed E-state index contributed by atoms with van der Waals surface area (Å²) in [6.07, 6.45) is 0.800. The molecule has 0 unspecified atom stereocenters. The number of carbonyl (C=O) groups is 2. The van der Waals surface area contributed by atoms with Gasteiger partial charge in [-0.25, -0.2) is 8.60 Å². The number of benzene rings is 3. The number of halogens is 1. The molecular weight excluding hydrogens is 493 g/mol. The van der Waals surface area contributed by atoms with Crippen LogP contribution in [0.4, 0.5) is 10.1 Å². The first-order valence-electron chi connectivity index (χ1n) is 12.3. The number of amides is 2. The average molecular weight is 522 g/mol. The van der Waals surface area contributed by atoms with Gasteiger partial charge in [0.1, 0.15) is 5.82 Å². The molecule has 1 saturated heterocycles. The fourth-order valence-electron chi connectivity index (χ4n) is 4.59. The third kappa shape index (κ3) is 5.49. The molecule has 0 bridgehead atoms. The Morgan fingerprint density at radius 3 is 2.57 bits per heavy atom. The summed E-state index contributed by atoms with van der Waals surface area (Å²) < 4.78 is 33.5. The molecule has 1 fully saturated rings. The summed E-state index contributed by atoms with van der Waals surface area (Å²) in [4.78, 5) is 31.1. The van der Waals surface area contributed by atoms with Crippen LogP contribution in [-0.4, -0.2) is 60.3 Å². The van der Waals surface area contributed by atoms with Crippen molar-refractivity contribution in [3.8, 4) is 0 Å². The first-order chi connectivity index (χ1) is 18.0. The largest absolute Gasteiger partial charge is 0.379 e. The lowest BCUT2D eigenvalue weighted by molar-refractivity contribution is 0.0374. The van der Waals surface area contributed by atoms with Crippen LogP contribution in [-0.2, 0) is 22.1 Å². The Kier molecular flexibility index (Phi) is 7.73. The second-order valence-corrected chi connectivity index (χ2v) is 10.4. The maximum atomic E-state index is 14.6. The Morgan fingerprint density at radius 1 is 1.00 bits per heavy atom. The molecule has 0 aromatic heterocycles. The van der Waals surface area contributed by atoms with E-state index in [1.807, 2.05) is 0 Å². The number of hydrogen-bond acceptors (Lipinski definition) is 5. The lowest BCUT2D eigenvalue weighted by Gasteiger charge is -2.26. The zero-order valence-corrected chi connectivity index (χ0v) is 21.1. The highest BCUT2D eigenvalue weighted by atomic mass is 32.2. The molecule has 2 aliphatic heterocycles. The Labute approximate surface area is 217 Å². The molecule has 2 aliphatic rings. The quantitative estimate of drug-likeness (QED) is 0.481. The second kappa shape index (κ2) is 11.3. The normalized spacial score (nSPS) is 17.6. The molecule has 1 N–H and O–H groups in total. The van der Waals surface area contributed by atoms with Crippen molar-refractivity contribution >= 4 is 28.3 Å². The van der Waals surface area contributed by atoms with E-state index in [0.717, 1.165) is 39.3 Å². The molecule has 3 aromatic rings. The Bertz CT molecular complexity index is 1340. The van der Waals surface area contributed by atoms with E-state index in [1.54, 1.807) is 60.7 Å². The minimum Gasteiger partial charge on any atom is -0.379 e. The second-order valence-electron chi connectivity index (χ2n) is 8.99. The van der Waals surface area contributed by atoms with Gasteiger partial charge < -0.3 is 15.0 Å². The van der Waals surface area contributed by atoms with Crippen molar-refractivity contribution in [3.63, 3.8) is 0 Å². The molecule has 37 heavy (non-hydrogen) atoms. The van der Waals surface area contributed by atoms with E-state index >= 15 is 0 Å². The maximum absolute atomic E-state index is 14.6. The van der Waals surface area contributed by atoms with Gasteiger partial charge in [0.25, 0.3) is 11.8 Å². The van der Waals surface area contributed by atoms with Crippen LogP contribution in [0.25, 0.3) is 0 Å². The van der Waals surface area contributed by atoms with E-state index in [9.17, 15) is 18.2 Å². The summed E-state index contributed by atoms with van der Waals surface area (Å²) in [5, 5.41) is 2.94. The molecule has 0 spiro atoms. The van der Waals surface area contributed by atoms with Gasteiger partial charge in [0.05, 0.1) is 51.6 Å². The predicted octanol–water partition coefficient (Wildman–Crippen LogP) is 3.60. The zero-order valence-electron chi connectivity index (χ0n) is 20.3. The fourth-order valence-corrected chi connectivity index (χ4v) is 5.93. The molecule has 9 heteroatoms. The van der Waals surface area contributed by atoms with Gasteiger partial charge in [-0.2, -0.15) is 0 Å². The Balaban J connectivity index is 1.41. The molecule has 0 saturated carbocycles. The van der Waals surface area contributed by atoms with Crippen LogP contribution in [0.15, 0.2) is 76.5 Å². The summed E-state index contributed by atoms with van der Waals surface area (Å²) in [5.74, 6) is -1.12. The van der Waals surface area contributed by atoms with Crippen molar-refractivity contribution in [3.05, 3.63) is 89.2 Å². The topological polar surface area (TPSA) is 79.0 Å². The van der Waals surface area contributed by atoms with Crippen molar-refractivity contribution in [2.75, 3.05) is 44.3 Å². The van der Waals surface area contributed by atoms with Gasteiger partial charge in [-0.15, -0.1) is 0 Å². The fraction of sp³-hybridized carbons (Fsp3) is 0.286. The van der Waals surface area contributed by atoms with Crippen molar-refractivity contribution in [1.82, 2.24) is 10.2 Å². The highest BCUT2D eigenvalue weighted by molar-refractivity contribution is 7.85. The minimum absolute atomic E-state index is 0.0609. The van der Waals surface area contributed by atoms with Gasteiger partial charge in [-0.1, -0.05) is 30.3 Å². The Hall–Kier alpha value is -3.40. The number of rotatable bonds is 7. The summed E-state index contributed by atoms with van der Waals surface area (Å²) in [6, 6.07) is 17.8. The van der Waals surface area contributed by atoms with E-state index in [2.05, 4.69) is 10.2 Å². The number of anilines is 1. The van der Waals surface area contributed by atoms with E-state index in [-0.39, 0.29) is 12.5 Å². The number of morpholine rings is 1. The van der Waals surface area contributed by atoms with E-state index in [0.29, 0.717) is 38.7 Å². The Morgan fingerprint density at radius 2 is 1.76 bits per heavy atom. The first kappa shape index (κ1) is 25.3. The van der Waals surface area contributed by atoms with Crippen LogP contribution in [0.2, 0.25) is 0 Å². The van der Waals surface area contributed by atoms with E-state index in [4.69, 9.17) is 4.74 Å². The molecule has 1 atom stereocenters. The lowest BCUT2D eigenvalue weighted by Crippen LogP contribution is -2.38. The van der Waals surface area contributed by atoms with Gasteiger partial charge in [0, 0.05) is 30.8 Å². The number of carbonyl (C=O) groups excluding carboxylic acids is 2. The van der Waals surface area contributed by atoms with Crippen LogP contribution >= 0.6 is 0 Å². The standard InChI is InChI=1S/C28H28FN3O4S/c29-23-8-3-1-6-21(23)19-32-24-18-20(27(33)30-12-5-13-31-14-16-36-17-15-31)10-11-26(24)37(35)25-9-4-2-7-22(25)28(32)34/h1-4,6-11,18H,5,12-17,19H2,(H,30,33)/t37-/m0/s1. The van der Waals surface area contributed by atoms with Crippen molar-refractivity contribution in [2.24, 2.45) is 0 Å². The smallest absolute Gasteiger partial charge is 0.259 e. The molecule has 5 rings (SSSR count). The third-order valence-electron chi connectivity index (χ3n) is 6.60.